The maximum Gasteiger partial charge on any atom is 0.249 e. The number of benzene rings is 1. The van der Waals surface area contributed by atoms with Crippen molar-refractivity contribution in [1.82, 2.24) is 10.6 Å². The van der Waals surface area contributed by atoms with Crippen LogP contribution in [-0.4, -0.2) is 30.4 Å². The van der Waals surface area contributed by atoms with Gasteiger partial charge >= 0.3 is 0 Å². The van der Waals surface area contributed by atoms with Gasteiger partial charge in [-0.2, -0.15) is 0 Å². The van der Waals surface area contributed by atoms with Crippen molar-refractivity contribution in [3.8, 4) is 0 Å². The maximum absolute atomic E-state index is 11.9. The van der Waals surface area contributed by atoms with Gasteiger partial charge in [-0.05, 0) is 31.4 Å². The monoisotopic (exact) mass is 307 g/mol. The number of hydrogen-bond acceptors (Lipinski definition) is 4. The Bertz CT molecular complexity index is 586. The number of rotatable bonds is 4. The van der Waals surface area contributed by atoms with Crippen LogP contribution < -0.4 is 15.5 Å². The molecule has 0 aromatic heterocycles. The number of anilines is 1. The minimum Gasteiger partial charge on any atom is -0.349 e. The van der Waals surface area contributed by atoms with E-state index in [0.29, 0.717) is 17.6 Å². The van der Waals surface area contributed by atoms with E-state index in [1.807, 2.05) is 12.1 Å². The predicted octanol–water partition coefficient (Wildman–Crippen LogP) is 1.44. The number of amides is 2. The quantitative estimate of drug-likeness (QED) is 0.827. The third-order valence-corrected chi connectivity index (χ3v) is 4.24. The van der Waals surface area contributed by atoms with Gasteiger partial charge in [0.1, 0.15) is 6.04 Å². The second-order valence-corrected chi connectivity index (χ2v) is 6.03. The zero-order chi connectivity index (χ0) is 15.0. The number of nitrogens with zero attached hydrogens (tertiary/aromatic N) is 1. The zero-order valence-corrected chi connectivity index (χ0v) is 12.6. The maximum atomic E-state index is 11.9. The number of para-hydroxylation sites is 1. The van der Waals surface area contributed by atoms with Gasteiger partial charge < -0.3 is 10.2 Å². The highest BCUT2D eigenvalue weighted by atomic mass is 35.5. The van der Waals surface area contributed by atoms with E-state index >= 15 is 0 Å². The lowest BCUT2D eigenvalue weighted by Crippen LogP contribution is -2.57. The van der Waals surface area contributed by atoms with Crippen molar-refractivity contribution in [1.29, 1.82) is 0 Å². The molecule has 0 bridgehead atoms. The molecule has 2 N–H and O–H groups in total. The Morgan fingerprint density at radius 2 is 2.14 bits per heavy atom. The third kappa shape index (κ3) is 3.04. The normalized spacial score (nSPS) is 22.4. The van der Waals surface area contributed by atoms with E-state index in [0.717, 1.165) is 11.3 Å². The van der Waals surface area contributed by atoms with Crippen molar-refractivity contribution >= 4 is 29.1 Å². The smallest absolute Gasteiger partial charge is 0.249 e. The van der Waals surface area contributed by atoms with Crippen LogP contribution in [0.1, 0.15) is 25.3 Å². The second kappa shape index (κ2) is 5.66. The lowest BCUT2D eigenvalue weighted by atomic mass is 10.1. The van der Waals surface area contributed by atoms with Crippen LogP contribution in [0.2, 0.25) is 5.02 Å². The van der Waals surface area contributed by atoms with E-state index in [-0.39, 0.29) is 18.4 Å². The fourth-order valence-electron chi connectivity index (χ4n) is 2.55. The highest BCUT2D eigenvalue weighted by molar-refractivity contribution is 6.33. The van der Waals surface area contributed by atoms with Gasteiger partial charge in [0, 0.05) is 12.6 Å². The Morgan fingerprint density at radius 1 is 1.38 bits per heavy atom. The van der Waals surface area contributed by atoms with E-state index in [2.05, 4.69) is 10.6 Å². The summed E-state index contributed by atoms with van der Waals surface area (Å²) in [5.41, 5.74) is 1.80. The number of carbonyl (C=O) groups excluding carboxylic acids is 2. The molecule has 0 radical (unpaired) electrons. The molecular formula is C15H18ClN3O2. The first kappa shape index (κ1) is 14.4. The van der Waals surface area contributed by atoms with Crippen molar-refractivity contribution in [2.45, 2.75) is 38.4 Å². The van der Waals surface area contributed by atoms with Gasteiger partial charge in [-0.25, -0.2) is 0 Å². The Balaban J connectivity index is 1.91. The number of halogens is 1. The van der Waals surface area contributed by atoms with Crippen LogP contribution in [0.3, 0.4) is 0 Å². The summed E-state index contributed by atoms with van der Waals surface area (Å²) in [6, 6.07) is 5.84. The summed E-state index contributed by atoms with van der Waals surface area (Å²) < 4.78 is 0. The van der Waals surface area contributed by atoms with E-state index in [1.54, 1.807) is 17.9 Å². The number of carbonyl (C=O) groups is 2. The summed E-state index contributed by atoms with van der Waals surface area (Å²) >= 11 is 6.34. The predicted molar refractivity (Wildman–Crippen MR) is 81.3 cm³/mol. The van der Waals surface area contributed by atoms with E-state index in [1.165, 1.54) is 12.8 Å². The van der Waals surface area contributed by atoms with E-state index in [4.69, 9.17) is 11.6 Å². The summed E-state index contributed by atoms with van der Waals surface area (Å²) in [6.07, 6.45) is 2.41. The molecule has 5 nitrogen and oxygen atoms in total. The van der Waals surface area contributed by atoms with E-state index < -0.39 is 6.04 Å². The highest BCUT2D eigenvalue weighted by Gasteiger charge is 2.32. The number of imide groups is 1. The van der Waals surface area contributed by atoms with Crippen molar-refractivity contribution in [3.63, 3.8) is 0 Å². The van der Waals surface area contributed by atoms with Crippen LogP contribution in [-0.2, 0) is 16.1 Å². The summed E-state index contributed by atoms with van der Waals surface area (Å²) in [4.78, 5) is 25.3. The fraction of sp³-hybridized carbons (Fsp3) is 0.467. The van der Waals surface area contributed by atoms with Gasteiger partial charge in [0.2, 0.25) is 11.8 Å². The second-order valence-electron chi connectivity index (χ2n) is 5.62. The van der Waals surface area contributed by atoms with Crippen LogP contribution in [0.5, 0.6) is 0 Å². The number of piperazine rings is 1. The Labute approximate surface area is 128 Å². The molecule has 6 heteroatoms. The topological polar surface area (TPSA) is 61.4 Å². The Hall–Kier alpha value is -1.59. The van der Waals surface area contributed by atoms with Crippen LogP contribution in [0, 0.1) is 0 Å². The molecule has 21 heavy (non-hydrogen) atoms. The molecule has 1 atom stereocenters. The molecule has 1 aliphatic carbocycles. The fourth-order valence-corrected chi connectivity index (χ4v) is 2.86. The molecule has 3 rings (SSSR count). The molecule has 1 saturated carbocycles. The molecule has 112 valence electrons. The van der Waals surface area contributed by atoms with Gasteiger partial charge in [0.25, 0.3) is 0 Å². The highest BCUT2D eigenvalue weighted by Crippen LogP contribution is 2.33. The van der Waals surface area contributed by atoms with Crippen LogP contribution in [0.25, 0.3) is 0 Å². The van der Waals surface area contributed by atoms with Crippen LogP contribution in [0.15, 0.2) is 18.2 Å². The summed E-state index contributed by atoms with van der Waals surface area (Å²) in [5.74, 6) is -0.577. The van der Waals surface area contributed by atoms with Gasteiger partial charge in [-0.15, -0.1) is 0 Å². The minimum atomic E-state index is -0.415. The molecule has 2 amide bonds. The van der Waals surface area contributed by atoms with Crippen molar-refractivity contribution in [2.75, 3.05) is 11.4 Å². The SMILES string of the molecule is CC1C(=O)NC(=O)CN1c1c(Cl)cccc1CNC1CC1. The largest absolute Gasteiger partial charge is 0.349 e. The van der Waals surface area contributed by atoms with Gasteiger partial charge in [0.05, 0.1) is 17.3 Å². The standard InChI is InChI=1S/C15H18ClN3O2/c1-9-15(21)18-13(20)8-19(9)14-10(3-2-4-12(14)16)7-17-11-5-6-11/h2-4,9,11,17H,5-8H2,1H3,(H,18,20,21). The first-order chi connectivity index (χ1) is 10.1. The molecule has 1 unspecified atom stereocenters. The van der Waals surface area contributed by atoms with Crippen molar-refractivity contribution in [2.24, 2.45) is 0 Å². The van der Waals surface area contributed by atoms with Gasteiger partial charge in [-0.1, -0.05) is 23.7 Å². The lowest BCUT2D eigenvalue weighted by Gasteiger charge is -2.35. The molecule has 1 saturated heterocycles. The number of hydrogen-bond donors (Lipinski definition) is 2. The third-order valence-electron chi connectivity index (χ3n) is 3.94. The lowest BCUT2D eigenvalue weighted by molar-refractivity contribution is -0.132. The molecule has 2 aliphatic rings. The molecular weight excluding hydrogens is 290 g/mol. The van der Waals surface area contributed by atoms with Crippen LogP contribution in [0.4, 0.5) is 5.69 Å². The van der Waals surface area contributed by atoms with Crippen LogP contribution >= 0.6 is 11.6 Å². The average Bonchev–Trinajstić information content (AvgIpc) is 3.25. The zero-order valence-electron chi connectivity index (χ0n) is 11.9. The molecule has 1 aromatic carbocycles. The molecule has 1 aromatic rings. The van der Waals surface area contributed by atoms with E-state index in [9.17, 15) is 9.59 Å². The Morgan fingerprint density at radius 3 is 2.86 bits per heavy atom. The molecule has 2 fully saturated rings. The first-order valence-corrected chi connectivity index (χ1v) is 7.55. The summed E-state index contributed by atoms with van der Waals surface area (Å²) in [5, 5.41) is 6.36. The van der Waals surface area contributed by atoms with Crippen molar-refractivity contribution < 1.29 is 9.59 Å². The molecule has 0 spiro atoms. The molecule has 1 heterocycles. The van der Waals surface area contributed by atoms with Crippen molar-refractivity contribution in [3.05, 3.63) is 28.8 Å². The number of nitrogens with one attached hydrogen (secondary N) is 2. The first-order valence-electron chi connectivity index (χ1n) is 7.17. The van der Waals surface area contributed by atoms with Gasteiger partial charge in [-0.3, -0.25) is 14.9 Å². The minimum absolute atomic E-state index is 0.146. The Kier molecular flexibility index (Phi) is 3.87. The summed E-state index contributed by atoms with van der Waals surface area (Å²) in [6.45, 7) is 2.62. The van der Waals surface area contributed by atoms with Gasteiger partial charge in [0.15, 0.2) is 0 Å². The molecule has 1 aliphatic heterocycles. The average molecular weight is 308 g/mol. The summed E-state index contributed by atoms with van der Waals surface area (Å²) in [7, 11) is 0.